The molecule has 1 rings (SSSR count). The number of hydrogen-bond acceptors (Lipinski definition) is 3. The van der Waals surface area contributed by atoms with Crippen LogP contribution in [0.25, 0.3) is 0 Å². The number of carbonyl (C=O) groups is 1. The van der Waals surface area contributed by atoms with Crippen LogP contribution in [0.1, 0.15) is 39.0 Å². The number of carboxylic acid groups (broad SMARTS) is 1. The summed E-state index contributed by atoms with van der Waals surface area (Å²) in [5.41, 5.74) is -1.04. The number of carboxylic acids is 1. The van der Waals surface area contributed by atoms with E-state index in [1.165, 1.54) is 0 Å². The molecule has 1 fully saturated rings. The summed E-state index contributed by atoms with van der Waals surface area (Å²) in [6, 6.07) is 0. The minimum absolute atomic E-state index is 0.0264. The lowest BCUT2D eigenvalue weighted by atomic mass is 9.67. The van der Waals surface area contributed by atoms with Crippen LogP contribution < -0.4 is 0 Å². The van der Waals surface area contributed by atoms with Crippen molar-refractivity contribution < 1.29 is 19.7 Å². The number of unbranched alkanes of at least 4 members (excludes halogenated alkanes) is 1. The molecule has 0 bridgehead atoms. The van der Waals surface area contributed by atoms with Crippen molar-refractivity contribution in [2.45, 2.75) is 50.7 Å². The molecule has 0 aromatic rings. The van der Waals surface area contributed by atoms with Gasteiger partial charge in [-0.25, -0.2) is 0 Å². The van der Waals surface area contributed by atoms with Crippen molar-refractivity contribution in [1.82, 2.24) is 0 Å². The molecule has 0 radical (unpaired) electrons. The second kappa shape index (κ2) is 4.94. The first-order valence-corrected chi connectivity index (χ1v) is 5.51. The lowest BCUT2D eigenvalue weighted by molar-refractivity contribution is -0.182. The number of methoxy groups -OCH3 is 1. The Kier molecular flexibility index (Phi) is 4.11. The first kappa shape index (κ1) is 12.5. The van der Waals surface area contributed by atoms with Crippen LogP contribution in [-0.4, -0.2) is 35.0 Å². The van der Waals surface area contributed by atoms with Gasteiger partial charge in [-0.1, -0.05) is 19.8 Å². The second-order valence-corrected chi connectivity index (χ2v) is 4.40. The summed E-state index contributed by atoms with van der Waals surface area (Å²) in [4.78, 5) is 11.0. The molecule has 0 aromatic heterocycles. The van der Waals surface area contributed by atoms with Gasteiger partial charge in [-0.3, -0.25) is 4.79 Å². The van der Waals surface area contributed by atoms with Crippen LogP contribution in [0.15, 0.2) is 0 Å². The smallest absolute Gasteiger partial charge is 0.309 e. The van der Waals surface area contributed by atoms with Crippen LogP contribution in [0.2, 0.25) is 0 Å². The van der Waals surface area contributed by atoms with Crippen molar-refractivity contribution in [2.24, 2.45) is 5.92 Å². The first-order chi connectivity index (χ1) is 7.03. The molecule has 0 amide bonds. The Bertz CT molecular complexity index is 221. The van der Waals surface area contributed by atoms with Crippen molar-refractivity contribution >= 4 is 5.97 Å². The third-order valence-electron chi connectivity index (χ3n) is 3.29. The molecule has 1 atom stereocenters. The van der Waals surface area contributed by atoms with E-state index in [0.29, 0.717) is 19.3 Å². The molecule has 1 saturated carbocycles. The summed E-state index contributed by atoms with van der Waals surface area (Å²) in [6.07, 6.45) is 3.27. The predicted octanol–water partition coefficient (Wildman–Crippen LogP) is 1.42. The Hall–Kier alpha value is -0.610. The average Bonchev–Trinajstić information content (AvgIpc) is 2.13. The van der Waals surface area contributed by atoms with Crippen molar-refractivity contribution in [2.75, 3.05) is 7.11 Å². The van der Waals surface area contributed by atoms with Gasteiger partial charge in [0.15, 0.2) is 0 Å². The summed E-state index contributed by atoms with van der Waals surface area (Å²) in [6.45, 7) is 2.02. The maximum absolute atomic E-state index is 11.0. The Labute approximate surface area is 90.2 Å². The Morgan fingerprint density at radius 2 is 2.20 bits per heavy atom. The third-order valence-corrected chi connectivity index (χ3v) is 3.29. The first-order valence-electron chi connectivity index (χ1n) is 5.51. The van der Waals surface area contributed by atoms with Gasteiger partial charge >= 0.3 is 5.97 Å². The van der Waals surface area contributed by atoms with E-state index in [1.807, 2.05) is 6.92 Å². The quantitative estimate of drug-likeness (QED) is 0.704. The second-order valence-electron chi connectivity index (χ2n) is 4.40. The van der Waals surface area contributed by atoms with Gasteiger partial charge in [0.1, 0.15) is 0 Å². The zero-order chi connectivity index (χ0) is 11.5. The molecule has 88 valence electrons. The number of hydrogen-bond donors (Lipinski definition) is 2. The van der Waals surface area contributed by atoms with Crippen molar-refractivity contribution in [3.05, 3.63) is 0 Å². The van der Waals surface area contributed by atoms with E-state index in [-0.39, 0.29) is 6.10 Å². The van der Waals surface area contributed by atoms with E-state index >= 15 is 0 Å². The SMILES string of the molecule is CCCCC(C(=O)O)C1(O)CC(OC)C1. The fraction of sp³-hybridized carbons (Fsp3) is 0.909. The summed E-state index contributed by atoms with van der Waals surface area (Å²) in [5.74, 6) is -1.52. The van der Waals surface area contributed by atoms with Gasteiger partial charge in [-0.2, -0.15) is 0 Å². The summed E-state index contributed by atoms with van der Waals surface area (Å²) >= 11 is 0. The van der Waals surface area contributed by atoms with E-state index in [1.54, 1.807) is 7.11 Å². The predicted molar refractivity (Wildman–Crippen MR) is 55.6 cm³/mol. The highest BCUT2D eigenvalue weighted by Gasteiger charge is 2.51. The number of aliphatic carboxylic acids is 1. The minimum atomic E-state index is -1.04. The van der Waals surface area contributed by atoms with Crippen molar-refractivity contribution in [3.63, 3.8) is 0 Å². The van der Waals surface area contributed by atoms with Gasteiger partial charge in [-0.15, -0.1) is 0 Å². The molecule has 1 aliphatic carbocycles. The zero-order valence-corrected chi connectivity index (χ0v) is 9.40. The zero-order valence-electron chi connectivity index (χ0n) is 9.40. The molecule has 2 N–H and O–H groups in total. The van der Waals surface area contributed by atoms with Crippen molar-refractivity contribution in [3.8, 4) is 0 Å². The van der Waals surface area contributed by atoms with Gasteiger partial charge in [0.25, 0.3) is 0 Å². The summed E-state index contributed by atoms with van der Waals surface area (Å²) < 4.78 is 5.06. The van der Waals surface area contributed by atoms with Crippen LogP contribution >= 0.6 is 0 Å². The number of aliphatic hydroxyl groups is 1. The fourth-order valence-corrected chi connectivity index (χ4v) is 2.21. The molecule has 0 saturated heterocycles. The Morgan fingerprint density at radius 1 is 1.60 bits per heavy atom. The Balaban J connectivity index is 2.53. The molecule has 0 spiro atoms. The van der Waals surface area contributed by atoms with Crippen LogP contribution in [-0.2, 0) is 9.53 Å². The lowest BCUT2D eigenvalue weighted by Gasteiger charge is -2.46. The van der Waals surface area contributed by atoms with Crippen LogP contribution in [0, 0.1) is 5.92 Å². The van der Waals surface area contributed by atoms with E-state index in [2.05, 4.69) is 0 Å². The minimum Gasteiger partial charge on any atom is -0.481 e. The largest absolute Gasteiger partial charge is 0.481 e. The molecule has 1 aliphatic rings. The molecule has 4 nitrogen and oxygen atoms in total. The van der Waals surface area contributed by atoms with Crippen LogP contribution in [0.3, 0.4) is 0 Å². The molecular formula is C11H20O4. The van der Waals surface area contributed by atoms with Crippen LogP contribution in [0.4, 0.5) is 0 Å². The van der Waals surface area contributed by atoms with E-state index < -0.39 is 17.5 Å². The standard InChI is InChI=1S/C11H20O4/c1-3-4-5-9(10(12)13)11(14)6-8(7-11)15-2/h8-9,14H,3-7H2,1-2H3,(H,12,13). The molecule has 4 heteroatoms. The Morgan fingerprint density at radius 3 is 2.60 bits per heavy atom. The fourth-order valence-electron chi connectivity index (χ4n) is 2.21. The van der Waals surface area contributed by atoms with Gasteiger partial charge in [0.2, 0.25) is 0 Å². The number of ether oxygens (including phenoxy) is 1. The third kappa shape index (κ3) is 2.69. The highest BCUT2D eigenvalue weighted by molar-refractivity contribution is 5.71. The molecule has 0 aromatic carbocycles. The summed E-state index contributed by atoms with van der Waals surface area (Å²) in [7, 11) is 1.59. The highest BCUT2D eigenvalue weighted by atomic mass is 16.5. The topological polar surface area (TPSA) is 66.8 Å². The molecule has 0 aliphatic heterocycles. The highest BCUT2D eigenvalue weighted by Crippen LogP contribution is 2.42. The number of rotatable bonds is 6. The van der Waals surface area contributed by atoms with Gasteiger partial charge in [-0.05, 0) is 6.42 Å². The van der Waals surface area contributed by atoms with Crippen molar-refractivity contribution in [1.29, 1.82) is 0 Å². The van der Waals surface area contributed by atoms with E-state index in [0.717, 1.165) is 12.8 Å². The van der Waals surface area contributed by atoms with E-state index in [9.17, 15) is 9.90 Å². The monoisotopic (exact) mass is 216 g/mol. The van der Waals surface area contributed by atoms with Gasteiger partial charge < -0.3 is 14.9 Å². The average molecular weight is 216 g/mol. The maximum atomic E-state index is 11.0. The molecular weight excluding hydrogens is 196 g/mol. The normalized spacial score (nSPS) is 32.1. The maximum Gasteiger partial charge on any atom is 0.309 e. The molecule has 15 heavy (non-hydrogen) atoms. The van der Waals surface area contributed by atoms with Gasteiger partial charge in [0.05, 0.1) is 17.6 Å². The van der Waals surface area contributed by atoms with Gasteiger partial charge in [0, 0.05) is 20.0 Å². The lowest BCUT2D eigenvalue weighted by Crippen LogP contribution is -2.55. The van der Waals surface area contributed by atoms with E-state index in [4.69, 9.17) is 9.84 Å². The van der Waals surface area contributed by atoms with Crippen LogP contribution in [0.5, 0.6) is 0 Å². The molecule has 1 unspecified atom stereocenters. The summed E-state index contributed by atoms with van der Waals surface area (Å²) in [5, 5.41) is 19.2. The molecule has 0 heterocycles.